The average molecular weight is 298 g/mol. The van der Waals surface area contributed by atoms with Gasteiger partial charge < -0.3 is 0 Å². The minimum absolute atomic E-state index is 0.329. The number of fused-ring (bicyclic) bond motifs is 5. The lowest BCUT2D eigenvalue weighted by atomic mass is 9.78. The van der Waals surface area contributed by atoms with E-state index in [4.69, 9.17) is 10.8 Å². The third kappa shape index (κ3) is 1.81. The van der Waals surface area contributed by atoms with Crippen LogP contribution in [-0.2, 0) is 0 Å². The van der Waals surface area contributed by atoms with Gasteiger partial charge in [-0.3, -0.25) is 10.8 Å². The first kappa shape index (κ1) is 13.9. The molecule has 2 nitrogen and oxygen atoms in total. The number of rotatable bonds is 0. The van der Waals surface area contributed by atoms with E-state index in [0.29, 0.717) is 11.4 Å². The SMILES string of the molecule is Cc1ccc2c3c(cc(C)c2c1)-c1cccc(C)c1C(=N)C3=N. The van der Waals surface area contributed by atoms with Gasteiger partial charge in [-0.25, -0.2) is 0 Å². The third-order valence-electron chi connectivity index (χ3n) is 4.81. The van der Waals surface area contributed by atoms with Crippen LogP contribution in [-0.4, -0.2) is 11.4 Å². The molecule has 0 atom stereocenters. The number of nitrogens with one attached hydrogen (secondary N) is 2. The zero-order valence-corrected chi connectivity index (χ0v) is 13.5. The summed E-state index contributed by atoms with van der Waals surface area (Å²) in [6, 6.07) is 14.7. The second-order valence-corrected chi connectivity index (χ2v) is 6.41. The van der Waals surface area contributed by atoms with Crippen molar-refractivity contribution >= 4 is 22.2 Å². The molecule has 2 N–H and O–H groups in total. The van der Waals surface area contributed by atoms with Crippen LogP contribution in [0.1, 0.15) is 27.8 Å². The molecule has 0 radical (unpaired) electrons. The Hall–Kier alpha value is -2.74. The first-order valence-electron chi connectivity index (χ1n) is 7.81. The van der Waals surface area contributed by atoms with Gasteiger partial charge in [0.25, 0.3) is 0 Å². The van der Waals surface area contributed by atoms with Crippen LogP contribution in [0.15, 0.2) is 42.5 Å². The van der Waals surface area contributed by atoms with Crippen LogP contribution in [0.25, 0.3) is 21.9 Å². The molecule has 112 valence electrons. The molecule has 0 saturated heterocycles. The van der Waals surface area contributed by atoms with Crippen LogP contribution in [0.2, 0.25) is 0 Å². The van der Waals surface area contributed by atoms with Gasteiger partial charge in [0.15, 0.2) is 0 Å². The van der Waals surface area contributed by atoms with Crippen molar-refractivity contribution in [3.05, 3.63) is 70.3 Å². The van der Waals surface area contributed by atoms with Crippen LogP contribution in [0, 0.1) is 31.6 Å². The number of aryl methyl sites for hydroxylation is 3. The summed E-state index contributed by atoms with van der Waals surface area (Å²) in [5, 5.41) is 19.3. The van der Waals surface area contributed by atoms with Crippen LogP contribution >= 0.6 is 0 Å². The second kappa shape index (κ2) is 4.63. The molecule has 0 saturated carbocycles. The number of hydrogen-bond donors (Lipinski definition) is 2. The summed E-state index contributed by atoms with van der Waals surface area (Å²) in [4.78, 5) is 0. The highest BCUT2D eigenvalue weighted by Gasteiger charge is 2.28. The van der Waals surface area contributed by atoms with E-state index in [9.17, 15) is 0 Å². The zero-order chi connectivity index (χ0) is 16.3. The molecular formula is C21H18N2. The summed E-state index contributed by atoms with van der Waals surface area (Å²) in [6.45, 7) is 6.23. The molecule has 23 heavy (non-hydrogen) atoms. The summed E-state index contributed by atoms with van der Waals surface area (Å²) < 4.78 is 0. The van der Waals surface area contributed by atoms with Gasteiger partial charge in [-0.2, -0.15) is 0 Å². The van der Waals surface area contributed by atoms with E-state index >= 15 is 0 Å². The fraction of sp³-hybridized carbons (Fsp3) is 0.143. The van der Waals surface area contributed by atoms with E-state index in [1.807, 2.05) is 19.1 Å². The predicted octanol–water partition coefficient (Wildman–Crippen LogP) is 5.18. The van der Waals surface area contributed by atoms with Gasteiger partial charge in [0, 0.05) is 11.1 Å². The normalized spacial score (nSPS) is 13.2. The van der Waals surface area contributed by atoms with Crippen molar-refractivity contribution in [2.75, 3.05) is 0 Å². The maximum absolute atomic E-state index is 8.59. The van der Waals surface area contributed by atoms with E-state index in [1.165, 1.54) is 16.5 Å². The summed E-state index contributed by atoms with van der Waals surface area (Å²) in [5.41, 5.74) is 8.11. The third-order valence-corrected chi connectivity index (χ3v) is 4.81. The smallest absolute Gasteiger partial charge is 0.0880 e. The standard InChI is InChI=1S/C21H18N2/c1-11-7-8-15-16(9-11)13(3)10-17-14-6-4-5-12(2)18(14)20(22)21(23)19(15)17/h4-10,22-23H,1-3H3. The second-order valence-electron chi connectivity index (χ2n) is 6.41. The Balaban J connectivity index is 2.21. The van der Waals surface area contributed by atoms with Gasteiger partial charge in [-0.05, 0) is 53.8 Å². The van der Waals surface area contributed by atoms with Gasteiger partial charge in [0.05, 0.1) is 11.4 Å². The van der Waals surface area contributed by atoms with Crippen LogP contribution in [0.4, 0.5) is 0 Å². The molecule has 0 fully saturated rings. The van der Waals surface area contributed by atoms with Gasteiger partial charge in [-0.15, -0.1) is 0 Å². The minimum Gasteiger partial charge on any atom is -0.298 e. The largest absolute Gasteiger partial charge is 0.298 e. The van der Waals surface area contributed by atoms with E-state index in [1.54, 1.807) is 0 Å². The van der Waals surface area contributed by atoms with E-state index in [2.05, 4.69) is 44.2 Å². The molecule has 0 amide bonds. The van der Waals surface area contributed by atoms with E-state index < -0.39 is 0 Å². The Morgan fingerprint density at radius 1 is 0.652 bits per heavy atom. The maximum atomic E-state index is 8.59. The lowest BCUT2D eigenvalue weighted by molar-refractivity contribution is 1.37. The summed E-state index contributed by atoms with van der Waals surface area (Å²) >= 11 is 0. The van der Waals surface area contributed by atoms with Gasteiger partial charge in [-0.1, -0.05) is 48.0 Å². The lowest BCUT2D eigenvalue weighted by Crippen LogP contribution is -2.23. The molecule has 0 unspecified atom stereocenters. The summed E-state index contributed by atoms with van der Waals surface area (Å²) in [5.74, 6) is 0. The van der Waals surface area contributed by atoms with Crippen molar-refractivity contribution in [1.82, 2.24) is 0 Å². The van der Waals surface area contributed by atoms with Crippen molar-refractivity contribution in [3.63, 3.8) is 0 Å². The molecule has 0 heterocycles. The Labute approximate surface area is 135 Å². The molecule has 4 rings (SSSR count). The Bertz CT molecular complexity index is 1030. The zero-order valence-electron chi connectivity index (χ0n) is 13.5. The average Bonchev–Trinajstić information content (AvgIpc) is 2.52. The highest BCUT2D eigenvalue weighted by molar-refractivity contribution is 6.56. The molecule has 0 bridgehead atoms. The molecule has 0 aliphatic heterocycles. The molecule has 3 aromatic carbocycles. The van der Waals surface area contributed by atoms with Crippen molar-refractivity contribution in [2.24, 2.45) is 0 Å². The molecule has 1 aliphatic rings. The maximum Gasteiger partial charge on any atom is 0.0880 e. The molecular weight excluding hydrogens is 280 g/mol. The van der Waals surface area contributed by atoms with Gasteiger partial charge in [0.1, 0.15) is 0 Å². The Morgan fingerprint density at radius 3 is 2.17 bits per heavy atom. The monoisotopic (exact) mass is 298 g/mol. The first-order valence-corrected chi connectivity index (χ1v) is 7.81. The first-order chi connectivity index (χ1) is 11.0. The van der Waals surface area contributed by atoms with Gasteiger partial charge in [0.2, 0.25) is 0 Å². The molecule has 0 aromatic heterocycles. The van der Waals surface area contributed by atoms with Crippen molar-refractivity contribution in [1.29, 1.82) is 10.8 Å². The van der Waals surface area contributed by atoms with Crippen molar-refractivity contribution < 1.29 is 0 Å². The minimum atomic E-state index is 0.329. The summed E-state index contributed by atoms with van der Waals surface area (Å²) in [7, 11) is 0. The quantitative estimate of drug-likeness (QED) is 0.574. The van der Waals surface area contributed by atoms with Crippen LogP contribution < -0.4 is 0 Å². The summed E-state index contributed by atoms with van der Waals surface area (Å²) in [6.07, 6.45) is 0. The molecule has 1 aliphatic carbocycles. The molecule has 0 spiro atoms. The van der Waals surface area contributed by atoms with E-state index in [-0.39, 0.29) is 0 Å². The Morgan fingerprint density at radius 2 is 1.39 bits per heavy atom. The highest BCUT2D eigenvalue weighted by Crippen LogP contribution is 2.40. The fourth-order valence-electron chi connectivity index (χ4n) is 3.67. The van der Waals surface area contributed by atoms with Crippen LogP contribution in [0.5, 0.6) is 0 Å². The predicted molar refractivity (Wildman–Crippen MR) is 97.3 cm³/mol. The van der Waals surface area contributed by atoms with E-state index in [0.717, 1.165) is 33.2 Å². The van der Waals surface area contributed by atoms with Crippen LogP contribution in [0.3, 0.4) is 0 Å². The molecule has 2 heteroatoms. The fourth-order valence-corrected chi connectivity index (χ4v) is 3.67. The highest BCUT2D eigenvalue weighted by atomic mass is 14.6. The number of benzene rings is 3. The number of hydrogen-bond acceptors (Lipinski definition) is 2. The topological polar surface area (TPSA) is 47.7 Å². The van der Waals surface area contributed by atoms with Crippen molar-refractivity contribution in [2.45, 2.75) is 20.8 Å². The van der Waals surface area contributed by atoms with Gasteiger partial charge >= 0.3 is 0 Å². The molecule has 3 aromatic rings. The van der Waals surface area contributed by atoms with Crippen molar-refractivity contribution in [3.8, 4) is 11.1 Å². The Kier molecular flexibility index (Phi) is 2.79. The lowest BCUT2D eigenvalue weighted by Gasteiger charge is -2.25.